The fourth-order valence-corrected chi connectivity index (χ4v) is 2.21. The molecule has 0 bridgehead atoms. The van der Waals surface area contributed by atoms with Gasteiger partial charge in [-0.2, -0.15) is 13.2 Å². The molecule has 0 aromatic carbocycles. The third kappa shape index (κ3) is 3.80. The minimum atomic E-state index is -4.45. The predicted octanol–water partition coefficient (Wildman–Crippen LogP) is 1.05. The van der Waals surface area contributed by atoms with Crippen LogP contribution in [0.2, 0.25) is 0 Å². The van der Waals surface area contributed by atoms with Gasteiger partial charge >= 0.3 is 6.18 Å². The van der Waals surface area contributed by atoms with Gasteiger partial charge in [0.05, 0.1) is 6.61 Å². The van der Waals surface area contributed by atoms with Gasteiger partial charge in [0.2, 0.25) is 5.95 Å². The first-order chi connectivity index (χ1) is 9.50. The Kier molecular flexibility index (Phi) is 4.77. The molecule has 1 aromatic rings. The van der Waals surface area contributed by atoms with Crippen LogP contribution in [0.3, 0.4) is 0 Å². The van der Waals surface area contributed by atoms with Crippen molar-refractivity contribution in [2.75, 3.05) is 31.1 Å². The molecule has 0 spiro atoms. The maximum Gasteiger partial charge on any atom is 0.433 e. The van der Waals surface area contributed by atoms with Crippen molar-refractivity contribution in [3.05, 3.63) is 18.0 Å². The summed E-state index contributed by atoms with van der Waals surface area (Å²) in [6, 6.07) is 1.16. The zero-order valence-electron chi connectivity index (χ0n) is 10.9. The van der Waals surface area contributed by atoms with E-state index in [0.29, 0.717) is 19.6 Å². The Bertz CT molecular complexity index is 433. The van der Waals surface area contributed by atoms with Crippen LogP contribution in [-0.4, -0.2) is 47.4 Å². The summed E-state index contributed by atoms with van der Waals surface area (Å²) in [5.41, 5.74) is -0.914. The Hall–Kier alpha value is -1.41. The third-order valence-corrected chi connectivity index (χ3v) is 3.26. The second kappa shape index (κ2) is 6.36. The summed E-state index contributed by atoms with van der Waals surface area (Å²) >= 11 is 0. The van der Waals surface area contributed by atoms with Crippen molar-refractivity contribution in [3.63, 3.8) is 0 Å². The fourth-order valence-electron chi connectivity index (χ4n) is 2.21. The van der Waals surface area contributed by atoms with E-state index in [4.69, 9.17) is 5.11 Å². The number of aromatic nitrogens is 2. The molecule has 0 unspecified atom stereocenters. The van der Waals surface area contributed by atoms with Crippen molar-refractivity contribution < 1.29 is 18.3 Å². The van der Waals surface area contributed by atoms with E-state index in [-0.39, 0.29) is 18.6 Å². The van der Waals surface area contributed by atoms with Gasteiger partial charge in [0.25, 0.3) is 0 Å². The number of nitrogens with one attached hydrogen (secondary N) is 1. The second-order valence-electron chi connectivity index (χ2n) is 4.68. The molecule has 0 radical (unpaired) electrons. The number of alkyl halides is 3. The van der Waals surface area contributed by atoms with Crippen LogP contribution >= 0.6 is 0 Å². The summed E-state index contributed by atoms with van der Waals surface area (Å²) in [6.07, 6.45) is -1.72. The van der Waals surface area contributed by atoms with E-state index in [1.165, 1.54) is 0 Å². The second-order valence-corrected chi connectivity index (χ2v) is 4.68. The number of piperidine rings is 1. The molecule has 1 aliphatic rings. The SMILES string of the molecule is OCCNC1CCN(c2nccc(C(F)(F)F)n2)CC1. The lowest BCUT2D eigenvalue weighted by Gasteiger charge is -2.32. The molecule has 8 heteroatoms. The van der Waals surface area contributed by atoms with Crippen molar-refractivity contribution >= 4 is 5.95 Å². The standard InChI is InChI=1S/C12H17F3N4O/c13-12(14,15)10-1-4-17-11(18-10)19-6-2-9(3-7-19)16-5-8-20/h1,4,9,16,20H,2-3,5-8H2. The van der Waals surface area contributed by atoms with E-state index in [1.54, 1.807) is 4.90 Å². The minimum absolute atomic E-state index is 0.0803. The van der Waals surface area contributed by atoms with Crippen molar-refractivity contribution in [1.82, 2.24) is 15.3 Å². The molecular formula is C12H17F3N4O. The van der Waals surface area contributed by atoms with Gasteiger partial charge in [-0.05, 0) is 18.9 Å². The Morgan fingerprint density at radius 2 is 2.05 bits per heavy atom. The highest BCUT2D eigenvalue weighted by Gasteiger charge is 2.33. The van der Waals surface area contributed by atoms with E-state index < -0.39 is 11.9 Å². The highest BCUT2D eigenvalue weighted by molar-refractivity contribution is 5.31. The van der Waals surface area contributed by atoms with Crippen LogP contribution in [0.1, 0.15) is 18.5 Å². The van der Waals surface area contributed by atoms with Gasteiger partial charge in [-0.1, -0.05) is 0 Å². The lowest BCUT2D eigenvalue weighted by molar-refractivity contribution is -0.141. The van der Waals surface area contributed by atoms with Gasteiger partial charge in [-0.15, -0.1) is 0 Å². The highest BCUT2D eigenvalue weighted by atomic mass is 19.4. The molecule has 1 fully saturated rings. The number of rotatable bonds is 4. The number of anilines is 1. The molecule has 2 N–H and O–H groups in total. The first-order valence-electron chi connectivity index (χ1n) is 6.50. The van der Waals surface area contributed by atoms with E-state index >= 15 is 0 Å². The number of hydrogen-bond donors (Lipinski definition) is 2. The molecule has 2 heterocycles. The quantitative estimate of drug-likeness (QED) is 0.868. The largest absolute Gasteiger partial charge is 0.433 e. The van der Waals surface area contributed by atoms with Crippen molar-refractivity contribution in [2.45, 2.75) is 25.1 Å². The average Bonchev–Trinajstić information content (AvgIpc) is 2.45. The minimum Gasteiger partial charge on any atom is -0.395 e. The normalized spacial score (nSPS) is 17.5. The molecule has 1 aliphatic heterocycles. The molecule has 1 aromatic heterocycles. The third-order valence-electron chi connectivity index (χ3n) is 3.26. The van der Waals surface area contributed by atoms with Crippen molar-refractivity contribution in [3.8, 4) is 0 Å². The maximum absolute atomic E-state index is 12.6. The molecule has 2 rings (SSSR count). The Balaban J connectivity index is 1.97. The van der Waals surface area contributed by atoms with Crippen LogP contribution in [0.5, 0.6) is 0 Å². The molecular weight excluding hydrogens is 273 g/mol. The van der Waals surface area contributed by atoms with E-state index in [2.05, 4.69) is 15.3 Å². The van der Waals surface area contributed by atoms with Crippen molar-refractivity contribution in [1.29, 1.82) is 0 Å². The van der Waals surface area contributed by atoms with Gasteiger partial charge in [-0.3, -0.25) is 0 Å². The van der Waals surface area contributed by atoms with Gasteiger partial charge in [0, 0.05) is 31.9 Å². The topological polar surface area (TPSA) is 61.3 Å². The maximum atomic E-state index is 12.6. The average molecular weight is 290 g/mol. The molecule has 5 nitrogen and oxygen atoms in total. The highest BCUT2D eigenvalue weighted by Crippen LogP contribution is 2.28. The van der Waals surface area contributed by atoms with E-state index in [9.17, 15) is 13.2 Å². The van der Waals surface area contributed by atoms with Crippen molar-refractivity contribution in [2.24, 2.45) is 0 Å². The molecule has 0 saturated carbocycles. The van der Waals surface area contributed by atoms with Crippen LogP contribution in [0, 0.1) is 0 Å². The molecule has 0 amide bonds. The number of aliphatic hydroxyl groups excluding tert-OH is 1. The summed E-state index contributed by atoms with van der Waals surface area (Å²) in [5, 5.41) is 11.9. The summed E-state index contributed by atoms with van der Waals surface area (Å²) < 4.78 is 37.8. The van der Waals surface area contributed by atoms with Crippen LogP contribution in [0.15, 0.2) is 12.3 Å². The van der Waals surface area contributed by atoms with Gasteiger partial charge in [0.1, 0.15) is 5.69 Å². The zero-order chi connectivity index (χ0) is 14.6. The molecule has 20 heavy (non-hydrogen) atoms. The number of nitrogens with zero attached hydrogens (tertiary/aromatic N) is 3. The summed E-state index contributed by atoms with van der Waals surface area (Å²) in [6.45, 7) is 1.82. The van der Waals surface area contributed by atoms with Gasteiger partial charge in [0.15, 0.2) is 0 Å². The predicted molar refractivity (Wildman–Crippen MR) is 67.4 cm³/mol. The lowest BCUT2D eigenvalue weighted by atomic mass is 10.1. The Morgan fingerprint density at radius 3 is 2.65 bits per heavy atom. The number of aliphatic hydroxyl groups is 1. The van der Waals surface area contributed by atoms with Crippen LogP contribution in [0.4, 0.5) is 19.1 Å². The summed E-state index contributed by atoms with van der Waals surface area (Å²) in [7, 11) is 0. The van der Waals surface area contributed by atoms with Gasteiger partial charge in [-0.25, -0.2) is 9.97 Å². The van der Waals surface area contributed by atoms with Gasteiger partial charge < -0.3 is 15.3 Å². The van der Waals surface area contributed by atoms with Crippen LogP contribution in [-0.2, 0) is 6.18 Å². The molecule has 0 aliphatic carbocycles. The molecule has 112 valence electrons. The first kappa shape index (κ1) is 15.0. The van der Waals surface area contributed by atoms with Crippen LogP contribution < -0.4 is 10.2 Å². The Morgan fingerprint density at radius 1 is 1.35 bits per heavy atom. The molecule has 0 atom stereocenters. The summed E-state index contributed by atoms with van der Waals surface area (Å²) in [4.78, 5) is 9.26. The zero-order valence-corrected chi connectivity index (χ0v) is 10.9. The monoisotopic (exact) mass is 290 g/mol. The summed E-state index contributed by atoms with van der Waals surface area (Å²) in [5.74, 6) is 0.125. The fraction of sp³-hybridized carbons (Fsp3) is 0.667. The van der Waals surface area contributed by atoms with E-state index in [0.717, 1.165) is 25.1 Å². The lowest BCUT2D eigenvalue weighted by Crippen LogP contribution is -2.44. The van der Waals surface area contributed by atoms with E-state index in [1.807, 2.05) is 0 Å². The van der Waals surface area contributed by atoms with Crippen LogP contribution in [0.25, 0.3) is 0 Å². The first-order valence-corrected chi connectivity index (χ1v) is 6.50. The smallest absolute Gasteiger partial charge is 0.395 e. The number of halogens is 3. The number of hydrogen-bond acceptors (Lipinski definition) is 5. The Labute approximate surface area is 114 Å². The molecule has 1 saturated heterocycles.